The van der Waals surface area contributed by atoms with Gasteiger partial charge in [-0.1, -0.05) is 40.9 Å². The SMILES string of the molecule is Cc1ccc(S(=O)(=O)n2c(C(=O)CN)cc3c(Cl)c(Cl)ccc32)cc1. The van der Waals surface area contributed by atoms with Gasteiger partial charge in [-0.05, 0) is 37.3 Å². The number of aryl methyl sites for hydroxylation is 1. The molecule has 25 heavy (non-hydrogen) atoms. The summed E-state index contributed by atoms with van der Waals surface area (Å²) in [6, 6.07) is 10.8. The fourth-order valence-electron chi connectivity index (χ4n) is 2.57. The van der Waals surface area contributed by atoms with E-state index in [-0.39, 0.29) is 32.7 Å². The number of nitrogens with zero attached hydrogens (tertiary/aromatic N) is 1. The zero-order valence-corrected chi connectivity index (χ0v) is 15.5. The molecule has 0 saturated heterocycles. The van der Waals surface area contributed by atoms with Gasteiger partial charge in [-0.3, -0.25) is 4.79 Å². The second-order valence-corrected chi connectivity index (χ2v) is 8.11. The van der Waals surface area contributed by atoms with Crippen LogP contribution in [0.3, 0.4) is 0 Å². The minimum absolute atomic E-state index is 0.0535. The number of benzene rings is 2. The van der Waals surface area contributed by atoms with Crippen molar-refractivity contribution in [1.82, 2.24) is 3.97 Å². The van der Waals surface area contributed by atoms with Gasteiger partial charge in [0.05, 0.1) is 27.0 Å². The Kier molecular flexibility index (Phi) is 4.64. The fraction of sp³-hybridized carbons (Fsp3) is 0.118. The van der Waals surface area contributed by atoms with Crippen LogP contribution in [0.4, 0.5) is 0 Å². The van der Waals surface area contributed by atoms with Crippen molar-refractivity contribution in [3.63, 3.8) is 0 Å². The number of Topliss-reactive ketones (excluding diaryl/α,β-unsaturated/α-hetero) is 1. The highest BCUT2D eigenvalue weighted by atomic mass is 35.5. The van der Waals surface area contributed by atoms with E-state index < -0.39 is 15.8 Å². The van der Waals surface area contributed by atoms with E-state index in [0.717, 1.165) is 9.54 Å². The summed E-state index contributed by atoms with van der Waals surface area (Å²) in [4.78, 5) is 12.3. The highest BCUT2D eigenvalue weighted by Gasteiger charge is 2.27. The number of nitrogens with two attached hydrogens (primary N) is 1. The molecule has 0 atom stereocenters. The third-order valence-corrected chi connectivity index (χ3v) is 6.42. The van der Waals surface area contributed by atoms with Crippen LogP contribution in [-0.4, -0.2) is 24.7 Å². The number of aromatic nitrogens is 1. The van der Waals surface area contributed by atoms with E-state index in [9.17, 15) is 13.2 Å². The van der Waals surface area contributed by atoms with Crippen molar-refractivity contribution in [3.05, 3.63) is 63.8 Å². The van der Waals surface area contributed by atoms with Gasteiger partial charge in [0.1, 0.15) is 5.69 Å². The molecule has 2 aromatic carbocycles. The number of ketones is 1. The molecule has 0 aliphatic rings. The van der Waals surface area contributed by atoms with Crippen LogP contribution >= 0.6 is 23.2 Å². The molecule has 130 valence electrons. The van der Waals surface area contributed by atoms with Crippen LogP contribution < -0.4 is 5.73 Å². The van der Waals surface area contributed by atoms with Crippen molar-refractivity contribution in [1.29, 1.82) is 0 Å². The molecule has 0 radical (unpaired) electrons. The highest BCUT2D eigenvalue weighted by Crippen LogP contribution is 2.35. The highest BCUT2D eigenvalue weighted by molar-refractivity contribution is 7.90. The molecule has 5 nitrogen and oxygen atoms in total. The molecule has 0 aliphatic carbocycles. The van der Waals surface area contributed by atoms with E-state index in [1.165, 1.54) is 30.3 Å². The molecule has 0 bridgehead atoms. The molecule has 0 spiro atoms. The number of hydrogen-bond donors (Lipinski definition) is 1. The van der Waals surface area contributed by atoms with Crippen molar-refractivity contribution >= 4 is 49.9 Å². The first-order valence-electron chi connectivity index (χ1n) is 7.32. The van der Waals surface area contributed by atoms with Gasteiger partial charge in [0, 0.05) is 5.39 Å². The van der Waals surface area contributed by atoms with Crippen LogP contribution in [0, 0.1) is 6.92 Å². The molecule has 0 unspecified atom stereocenters. The summed E-state index contributed by atoms with van der Waals surface area (Å²) < 4.78 is 27.3. The fourth-order valence-corrected chi connectivity index (χ4v) is 4.47. The average Bonchev–Trinajstić information content (AvgIpc) is 2.99. The van der Waals surface area contributed by atoms with Crippen molar-refractivity contribution < 1.29 is 13.2 Å². The van der Waals surface area contributed by atoms with Crippen LogP contribution in [0.15, 0.2) is 47.4 Å². The molecule has 8 heteroatoms. The lowest BCUT2D eigenvalue weighted by molar-refractivity contribution is 0.0996. The van der Waals surface area contributed by atoms with E-state index in [1.54, 1.807) is 12.1 Å². The zero-order valence-electron chi connectivity index (χ0n) is 13.2. The van der Waals surface area contributed by atoms with E-state index in [1.807, 2.05) is 6.92 Å². The monoisotopic (exact) mass is 396 g/mol. The summed E-state index contributed by atoms with van der Waals surface area (Å²) in [5, 5.41) is 0.829. The quantitative estimate of drug-likeness (QED) is 0.682. The smallest absolute Gasteiger partial charge is 0.268 e. The summed E-state index contributed by atoms with van der Waals surface area (Å²) in [7, 11) is -4.02. The number of rotatable bonds is 4. The van der Waals surface area contributed by atoms with E-state index in [0.29, 0.717) is 5.39 Å². The number of carbonyl (C=O) groups is 1. The topological polar surface area (TPSA) is 82.2 Å². The molecule has 3 rings (SSSR count). The first kappa shape index (κ1) is 17.9. The Morgan fingerprint density at radius 1 is 1.12 bits per heavy atom. The van der Waals surface area contributed by atoms with Crippen LogP contribution in [0.2, 0.25) is 10.0 Å². The normalized spacial score (nSPS) is 11.8. The van der Waals surface area contributed by atoms with Gasteiger partial charge in [0.2, 0.25) is 0 Å². The van der Waals surface area contributed by atoms with E-state index in [2.05, 4.69) is 0 Å². The summed E-state index contributed by atoms with van der Waals surface area (Å²) in [6.45, 7) is 1.53. The zero-order chi connectivity index (χ0) is 18.4. The largest absolute Gasteiger partial charge is 0.324 e. The number of halogens is 2. The molecule has 2 N–H and O–H groups in total. The Balaban J connectivity index is 2.39. The van der Waals surface area contributed by atoms with E-state index >= 15 is 0 Å². The van der Waals surface area contributed by atoms with Gasteiger partial charge in [-0.2, -0.15) is 0 Å². The lowest BCUT2D eigenvalue weighted by atomic mass is 10.2. The van der Waals surface area contributed by atoms with Crippen molar-refractivity contribution in [3.8, 4) is 0 Å². The standard InChI is InChI=1S/C17H14Cl2N2O3S/c1-10-2-4-11(5-3-10)25(23,24)21-14-7-6-13(18)17(19)12(14)8-15(21)16(22)9-20/h2-8H,9,20H2,1H3. The molecule has 0 aliphatic heterocycles. The molecule has 1 heterocycles. The van der Waals surface area contributed by atoms with Crippen LogP contribution in [-0.2, 0) is 10.0 Å². The summed E-state index contributed by atoms with van der Waals surface area (Å²) >= 11 is 12.2. The molecule has 0 saturated carbocycles. The van der Waals surface area contributed by atoms with Gasteiger partial charge in [-0.15, -0.1) is 0 Å². The second kappa shape index (κ2) is 6.46. The van der Waals surface area contributed by atoms with Crippen molar-refractivity contribution in [2.75, 3.05) is 6.54 Å². The predicted molar refractivity (Wildman–Crippen MR) is 99.1 cm³/mol. The molecule has 3 aromatic rings. The maximum atomic E-state index is 13.2. The van der Waals surface area contributed by atoms with Crippen LogP contribution in [0.1, 0.15) is 16.1 Å². The van der Waals surface area contributed by atoms with Crippen molar-refractivity contribution in [2.45, 2.75) is 11.8 Å². The van der Waals surface area contributed by atoms with Crippen LogP contribution in [0.25, 0.3) is 10.9 Å². The summed E-state index contributed by atoms with van der Waals surface area (Å²) in [5.74, 6) is -0.515. The first-order chi connectivity index (χ1) is 11.8. The number of hydrogen-bond acceptors (Lipinski definition) is 4. The second-order valence-electron chi connectivity index (χ2n) is 5.53. The van der Waals surface area contributed by atoms with Gasteiger partial charge in [0.25, 0.3) is 10.0 Å². The Hall–Kier alpha value is -1.86. The van der Waals surface area contributed by atoms with E-state index in [4.69, 9.17) is 28.9 Å². The number of carbonyl (C=O) groups excluding carboxylic acids is 1. The maximum Gasteiger partial charge on any atom is 0.268 e. The molecular formula is C17H14Cl2N2O3S. The Morgan fingerprint density at radius 2 is 1.76 bits per heavy atom. The minimum Gasteiger partial charge on any atom is -0.324 e. The molecule has 0 fully saturated rings. The Morgan fingerprint density at radius 3 is 2.36 bits per heavy atom. The van der Waals surface area contributed by atoms with Crippen LogP contribution in [0.5, 0.6) is 0 Å². The number of fused-ring (bicyclic) bond motifs is 1. The third-order valence-electron chi connectivity index (χ3n) is 3.86. The molecule has 1 aromatic heterocycles. The predicted octanol–water partition coefficient (Wildman–Crippen LogP) is 3.63. The van der Waals surface area contributed by atoms with Crippen molar-refractivity contribution in [2.24, 2.45) is 5.73 Å². The van der Waals surface area contributed by atoms with Gasteiger partial charge in [-0.25, -0.2) is 12.4 Å². The van der Waals surface area contributed by atoms with Gasteiger partial charge < -0.3 is 5.73 Å². The third kappa shape index (κ3) is 2.95. The lowest BCUT2D eigenvalue weighted by Crippen LogP contribution is -2.22. The Labute approximate surface area is 155 Å². The summed E-state index contributed by atoms with van der Waals surface area (Å²) in [5.41, 5.74) is 6.59. The van der Waals surface area contributed by atoms with Gasteiger partial charge >= 0.3 is 0 Å². The Bertz CT molecular complexity index is 1090. The first-order valence-corrected chi connectivity index (χ1v) is 9.52. The molecular weight excluding hydrogens is 383 g/mol. The minimum atomic E-state index is -4.02. The van der Waals surface area contributed by atoms with Gasteiger partial charge in [0.15, 0.2) is 5.78 Å². The maximum absolute atomic E-state index is 13.2. The lowest BCUT2D eigenvalue weighted by Gasteiger charge is -2.11. The molecule has 0 amide bonds. The average molecular weight is 397 g/mol. The summed E-state index contributed by atoms with van der Waals surface area (Å²) in [6.07, 6.45) is 0.